The molecule has 0 unspecified atom stereocenters. The third-order valence-corrected chi connectivity index (χ3v) is 3.71. The van der Waals surface area contributed by atoms with Crippen LogP contribution < -0.4 is 0 Å². The molecule has 1 nitrogen and oxygen atoms in total. The average Bonchev–Trinajstić information content (AvgIpc) is 2.32. The number of hydrogen-bond acceptors (Lipinski definition) is 1. The number of carbonyl (C=O) groups is 1. The third kappa shape index (κ3) is 2.05. The summed E-state index contributed by atoms with van der Waals surface area (Å²) in [4.78, 5) is 10.9. The molecule has 2 atom stereocenters. The first kappa shape index (κ1) is 11.0. The zero-order valence-electron chi connectivity index (χ0n) is 6.98. The molecule has 0 aromatic heterocycles. The van der Waals surface area contributed by atoms with Gasteiger partial charge in [0.15, 0.2) is 0 Å². The summed E-state index contributed by atoms with van der Waals surface area (Å²) in [5.74, 6) is 0.475. The topological polar surface area (TPSA) is 17.1 Å². The molecular weight excluding hydrogens is 307 g/mol. The second-order valence-corrected chi connectivity index (χ2v) is 7.65. The lowest BCUT2D eigenvalue weighted by molar-refractivity contribution is -0.113. The van der Waals surface area contributed by atoms with Gasteiger partial charge in [0, 0.05) is 5.92 Å². The smallest absolute Gasteiger partial charge is 0.225 e. The predicted octanol–water partition coefficient (Wildman–Crippen LogP) is 3.53. The van der Waals surface area contributed by atoms with Gasteiger partial charge in [-0.3, -0.25) is 4.79 Å². The first-order chi connectivity index (χ1) is 5.37. The minimum absolute atomic E-state index is 0.0526. The summed E-state index contributed by atoms with van der Waals surface area (Å²) in [6.07, 6.45) is 0.954. The van der Waals surface area contributed by atoms with Gasteiger partial charge in [-0.2, -0.15) is 0 Å². The Kier molecular flexibility index (Phi) is 3.28. The molecule has 1 aliphatic carbocycles. The van der Waals surface area contributed by atoms with Crippen LogP contribution in [0, 0.1) is 17.3 Å². The van der Waals surface area contributed by atoms with E-state index in [1.54, 1.807) is 0 Å². The summed E-state index contributed by atoms with van der Waals surface area (Å²) in [5, 5.41) is -0.189. The van der Waals surface area contributed by atoms with Crippen LogP contribution in [0.25, 0.3) is 0 Å². The first-order valence-corrected chi connectivity index (χ1v) is 6.05. The molecular formula is C8H11Br2ClO. The van der Waals surface area contributed by atoms with Crippen molar-refractivity contribution in [2.45, 2.75) is 24.0 Å². The van der Waals surface area contributed by atoms with Crippen molar-refractivity contribution in [3.8, 4) is 0 Å². The molecule has 0 bridgehead atoms. The fourth-order valence-corrected chi connectivity index (χ4v) is 3.07. The summed E-state index contributed by atoms with van der Waals surface area (Å²) in [7, 11) is 0. The Morgan fingerprint density at radius 2 is 2.08 bits per heavy atom. The van der Waals surface area contributed by atoms with Crippen LogP contribution in [0.5, 0.6) is 0 Å². The van der Waals surface area contributed by atoms with E-state index in [0.29, 0.717) is 5.92 Å². The lowest BCUT2D eigenvalue weighted by Gasteiger charge is -2.01. The van der Waals surface area contributed by atoms with E-state index < -0.39 is 0 Å². The van der Waals surface area contributed by atoms with Gasteiger partial charge in [0.1, 0.15) is 0 Å². The lowest BCUT2D eigenvalue weighted by atomic mass is 10.1. The van der Waals surface area contributed by atoms with Gasteiger partial charge in [0.2, 0.25) is 5.24 Å². The summed E-state index contributed by atoms with van der Waals surface area (Å²) in [6, 6.07) is 0. The van der Waals surface area contributed by atoms with Crippen molar-refractivity contribution in [3.05, 3.63) is 0 Å². The van der Waals surface area contributed by atoms with E-state index in [9.17, 15) is 4.79 Å². The van der Waals surface area contributed by atoms with Gasteiger partial charge in [-0.1, -0.05) is 45.7 Å². The summed E-state index contributed by atoms with van der Waals surface area (Å²) in [5.41, 5.74) is 0.0959. The fraction of sp³-hybridized carbons (Fsp3) is 0.875. The van der Waals surface area contributed by atoms with Crippen LogP contribution in [0.1, 0.15) is 20.3 Å². The highest BCUT2D eigenvalue weighted by atomic mass is 79.9. The number of alkyl halides is 2. The molecule has 0 radical (unpaired) electrons. The molecule has 1 rings (SSSR count). The van der Waals surface area contributed by atoms with Gasteiger partial charge in [-0.05, 0) is 29.4 Å². The van der Waals surface area contributed by atoms with Crippen LogP contribution in [0.2, 0.25) is 0 Å². The fourth-order valence-electron chi connectivity index (χ4n) is 1.83. The Balaban J connectivity index is 2.54. The van der Waals surface area contributed by atoms with Crippen molar-refractivity contribution >= 4 is 48.7 Å². The van der Waals surface area contributed by atoms with Crippen LogP contribution in [0.15, 0.2) is 0 Å². The largest absolute Gasteiger partial charge is 0.281 e. The van der Waals surface area contributed by atoms with Gasteiger partial charge < -0.3 is 0 Å². The monoisotopic (exact) mass is 316 g/mol. The van der Waals surface area contributed by atoms with Gasteiger partial charge in [-0.25, -0.2) is 0 Å². The van der Waals surface area contributed by atoms with Crippen LogP contribution in [-0.4, -0.2) is 8.98 Å². The lowest BCUT2D eigenvalue weighted by Crippen LogP contribution is -1.96. The highest BCUT2D eigenvalue weighted by Gasteiger charge is 2.60. The maximum atomic E-state index is 10.9. The molecule has 12 heavy (non-hydrogen) atoms. The molecule has 1 saturated carbocycles. The molecule has 0 aliphatic heterocycles. The minimum atomic E-state index is -0.189. The average molecular weight is 318 g/mol. The first-order valence-electron chi connectivity index (χ1n) is 3.85. The highest BCUT2D eigenvalue weighted by Crippen LogP contribution is 2.61. The van der Waals surface area contributed by atoms with Crippen molar-refractivity contribution in [3.63, 3.8) is 0 Å². The zero-order valence-corrected chi connectivity index (χ0v) is 10.9. The number of carbonyl (C=O) groups excluding carboxylic acids is 1. The molecule has 4 heteroatoms. The van der Waals surface area contributed by atoms with Gasteiger partial charge in [0.05, 0.1) is 3.74 Å². The molecule has 1 fully saturated rings. The molecule has 0 N–H and O–H groups in total. The number of halogens is 3. The van der Waals surface area contributed by atoms with Gasteiger partial charge in [-0.15, -0.1) is 0 Å². The van der Waals surface area contributed by atoms with Crippen molar-refractivity contribution in [2.24, 2.45) is 17.3 Å². The Labute approximate surface area is 94.5 Å². The van der Waals surface area contributed by atoms with Gasteiger partial charge >= 0.3 is 0 Å². The number of hydrogen-bond donors (Lipinski definition) is 0. The van der Waals surface area contributed by atoms with Gasteiger partial charge in [0.25, 0.3) is 0 Å². The standard InChI is InChI=1S/C8H11Br2ClO/c1-8(2)4(3-5(9)10)6(8)7(11)12/h4-6H,3H2,1-2H3/t4-,6+/m1/s1. The van der Waals surface area contributed by atoms with Crippen molar-refractivity contribution < 1.29 is 4.79 Å². The Bertz CT molecular complexity index is 203. The highest BCUT2D eigenvalue weighted by molar-refractivity contribution is 9.24. The normalized spacial score (nSPS) is 32.2. The molecule has 0 heterocycles. The molecule has 0 aromatic carbocycles. The van der Waals surface area contributed by atoms with Crippen molar-refractivity contribution in [1.29, 1.82) is 0 Å². The second kappa shape index (κ2) is 3.58. The van der Waals surface area contributed by atoms with Crippen LogP contribution in [0.4, 0.5) is 0 Å². The van der Waals surface area contributed by atoms with E-state index in [1.807, 2.05) is 0 Å². The van der Waals surface area contributed by atoms with Crippen molar-refractivity contribution in [1.82, 2.24) is 0 Å². The predicted molar refractivity (Wildman–Crippen MR) is 57.9 cm³/mol. The molecule has 0 saturated heterocycles. The summed E-state index contributed by atoms with van der Waals surface area (Å²) in [6.45, 7) is 4.18. The molecule has 0 spiro atoms. The van der Waals surface area contributed by atoms with Crippen LogP contribution >= 0.6 is 43.5 Å². The number of rotatable bonds is 3. The Hall–Kier alpha value is 0.920. The molecule has 0 amide bonds. The van der Waals surface area contributed by atoms with Crippen LogP contribution in [-0.2, 0) is 4.79 Å². The zero-order chi connectivity index (χ0) is 9.52. The van der Waals surface area contributed by atoms with E-state index in [4.69, 9.17) is 11.6 Å². The Morgan fingerprint density at radius 3 is 2.33 bits per heavy atom. The third-order valence-electron chi connectivity index (χ3n) is 2.73. The van der Waals surface area contributed by atoms with E-state index in [2.05, 4.69) is 45.7 Å². The quantitative estimate of drug-likeness (QED) is 0.575. The molecule has 70 valence electrons. The minimum Gasteiger partial charge on any atom is -0.281 e. The maximum Gasteiger partial charge on any atom is 0.225 e. The van der Waals surface area contributed by atoms with E-state index in [1.165, 1.54) is 0 Å². The van der Waals surface area contributed by atoms with E-state index in [0.717, 1.165) is 6.42 Å². The molecule has 1 aliphatic rings. The maximum absolute atomic E-state index is 10.9. The van der Waals surface area contributed by atoms with E-state index >= 15 is 0 Å². The summed E-state index contributed by atoms with van der Waals surface area (Å²) >= 11 is 12.3. The van der Waals surface area contributed by atoms with E-state index in [-0.39, 0.29) is 20.3 Å². The summed E-state index contributed by atoms with van der Waals surface area (Å²) < 4.78 is 0.287. The SMILES string of the molecule is CC1(C)[C@H](CC(Br)Br)[C@H]1C(=O)Cl. The Morgan fingerprint density at radius 1 is 1.58 bits per heavy atom. The molecule has 0 aromatic rings. The van der Waals surface area contributed by atoms with Crippen molar-refractivity contribution in [2.75, 3.05) is 0 Å². The second-order valence-electron chi connectivity index (χ2n) is 3.84. The van der Waals surface area contributed by atoms with Crippen LogP contribution in [0.3, 0.4) is 0 Å².